The van der Waals surface area contributed by atoms with Gasteiger partial charge in [-0.15, -0.1) is 0 Å². The summed E-state index contributed by atoms with van der Waals surface area (Å²) in [6.45, 7) is 4.88. The van der Waals surface area contributed by atoms with E-state index in [1.165, 1.54) is 0 Å². The standard InChI is InChI=1S/C19H27BrN2O2/c1-3-4-11-21-18(23)14-5-7-15(8-6-14)19(24)22-16-9-10-17(20)13(2)12-16/h9-10,12,14-15H,3-8,11H2,1-2H3,(H,21,23)(H,22,24). The summed E-state index contributed by atoms with van der Waals surface area (Å²) in [5, 5.41) is 6.01. The van der Waals surface area contributed by atoms with Gasteiger partial charge in [-0.2, -0.15) is 0 Å². The summed E-state index contributed by atoms with van der Waals surface area (Å²) >= 11 is 3.46. The Kier molecular flexibility index (Phi) is 7.28. The van der Waals surface area contributed by atoms with E-state index in [9.17, 15) is 9.59 Å². The first kappa shape index (κ1) is 19.0. The summed E-state index contributed by atoms with van der Waals surface area (Å²) in [4.78, 5) is 24.5. The number of unbranched alkanes of at least 4 members (excludes halogenated alkanes) is 1. The molecule has 132 valence electrons. The highest BCUT2D eigenvalue weighted by Gasteiger charge is 2.29. The molecular formula is C19H27BrN2O2. The Morgan fingerprint density at radius 2 is 1.75 bits per heavy atom. The summed E-state index contributed by atoms with van der Waals surface area (Å²) in [6, 6.07) is 5.82. The third-order valence-corrected chi connectivity index (χ3v) is 5.61. The van der Waals surface area contributed by atoms with Gasteiger partial charge in [-0.05, 0) is 62.8 Å². The van der Waals surface area contributed by atoms with Gasteiger partial charge in [-0.25, -0.2) is 0 Å². The van der Waals surface area contributed by atoms with Crippen LogP contribution in [-0.4, -0.2) is 18.4 Å². The van der Waals surface area contributed by atoms with Crippen molar-refractivity contribution in [2.24, 2.45) is 11.8 Å². The maximum absolute atomic E-state index is 12.4. The predicted molar refractivity (Wildman–Crippen MR) is 101 cm³/mol. The van der Waals surface area contributed by atoms with Crippen LogP contribution in [0.1, 0.15) is 51.0 Å². The molecule has 2 rings (SSSR count). The van der Waals surface area contributed by atoms with Crippen LogP contribution < -0.4 is 10.6 Å². The van der Waals surface area contributed by atoms with Crippen molar-refractivity contribution in [3.8, 4) is 0 Å². The number of nitrogens with one attached hydrogen (secondary N) is 2. The summed E-state index contributed by atoms with van der Waals surface area (Å²) in [5.74, 6) is 0.307. The van der Waals surface area contributed by atoms with Crippen molar-refractivity contribution >= 4 is 33.4 Å². The van der Waals surface area contributed by atoms with Gasteiger partial charge in [0.05, 0.1) is 0 Å². The van der Waals surface area contributed by atoms with Crippen molar-refractivity contribution in [3.63, 3.8) is 0 Å². The van der Waals surface area contributed by atoms with Crippen LogP contribution in [0.25, 0.3) is 0 Å². The van der Waals surface area contributed by atoms with Crippen molar-refractivity contribution in [3.05, 3.63) is 28.2 Å². The first-order valence-corrected chi connectivity index (χ1v) is 9.65. The molecule has 2 N–H and O–H groups in total. The average molecular weight is 395 g/mol. The van der Waals surface area contributed by atoms with Crippen LogP contribution in [0.2, 0.25) is 0 Å². The van der Waals surface area contributed by atoms with E-state index >= 15 is 0 Å². The second kappa shape index (κ2) is 9.21. The van der Waals surface area contributed by atoms with Gasteiger partial charge in [-0.3, -0.25) is 9.59 Å². The first-order chi connectivity index (χ1) is 11.5. The normalized spacial score (nSPS) is 20.5. The van der Waals surface area contributed by atoms with Crippen molar-refractivity contribution in [1.82, 2.24) is 5.32 Å². The van der Waals surface area contributed by atoms with Crippen molar-refractivity contribution in [1.29, 1.82) is 0 Å². The van der Waals surface area contributed by atoms with Crippen LogP contribution in [0.4, 0.5) is 5.69 Å². The molecule has 1 saturated carbocycles. The lowest BCUT2D eigenvalue weighted by Gasteiger charge is -2.27. The molecule has 2 amide bonds. The topological polar surface area (TPSA) is 58.2 Å². The van der Waals surface area contributed by atoms with Gasteiger partial charge >= 0.3 is 0 Å². The molecule has 4 nitrogen and oxygen atoms in total. The van der Waals surface area contributed by atoms with Crippen molar-refractivity contribution < 1.29 is 9.59 Å². The molecule has 0 radical (unpaired) electrons. The summed E-state index contributed by atoms with van der Waals surface area (Å²) in [5.41, 5.74) is 1.93. The Labute approximate surface area is 152 Å². The number of hydrogen-bond donors (Lipinski definition) is 2. The molecule has 0 saturated heterocycles. The maximum atomic E-state index is 12.4. The van der Waals surface area contributed by atoms with Crippen LogP contribution in [0.15, 0.2) is 22.7 Å². The van der Waals surface area contributed by atoms with E-state index < -0.39 is 0 Å². The number of aryl methyl sites for hydroxylation is 1. The zero-order valence-corrected chi connectivity index (χ0v) is 16.1. The summed E-state index contributed by atoms with van der Waals surface area (Å²) in [7, 11) is 0. The molecule has 5 heteroatoms. The third-order valence-electron chi connectivity index (χ3n) is 4.72. The van der Waals surface area contributed by atoms with Gasteiger partial charge in [0.1, 0.15) is 0 Å². The third kappa shape index (κ3) is 5.33. The van der Waals surface area contributed by atoms with Crippen molar-refractivity contribution in [2.75, 3.05) is 11.9 Å². The molecule has 0 unspecified atom stereocenters. The van der Waals surface area contributed by atoms with Crippen LogP contribution in [0.3, 0.4) is 0 Å². The molecule has 0 bridgehead atoms. The van der Waals surface area contributed by atoms with E-state index in [0.29, 0.717) is 0 Å². The van der Waals surface area contributed by atoms with Crippen LogP contribution in [0.5, 0.6) is 0 Å². The lowest BCUT2D eigenvalue weighted by atomic mass is 9.81. The Morgan fingerprint density at radius 3 is 2.33 bits per heavy atom. The monoisotopic (exact) mass is 394 g/mol. The minimum Gasteiger partial charge on any atom is -0.356 e. The fraction of sp³-hybridized carbons (Fsp3) is 0.579. The zero-order chi connectivity index (χ0) is 17.5. The Hall–Kier alpha value is -1.36. The fourth-order valence-electron chi connectivity index (χ4n) is 3.12. The number of anilines is 1. The van der Waals surface area contributed by atoms with E-state index in [1.54, 1.807) is 0 Å². The lowest BCUT2D eigenvalue weighted by molar-refractivity contribution is -0.128. The zero-order valence-electron chi connectivity index (χ0n) is 14.5. The molecule has 1 aliphatic rings. The van der Waals surface area contributed by atoms with E-state index in [-0.39, 0.29) is 23.7 Å². The number of rotatable bonds is 6. The Morgan fingerprint density at radius 1 is 1.12 bits per heavy atom. The predicted octanol–water partition coefficient (Wildman–Crippen LogP) is 4.42. The molecule has 0 aliphatic heterocycles. The molecular weight excluding hydrogens is 368 g/mol. The highest BCUT2D eigenvalue weighted by molar-refractivity contribution is 9.10. The number of carbonyl (C=O) groups excluding carboxylic acids is 2. The second-order valence-corrected chi connectivity index (χ2v) is 7.50. The SMILES string of the molecule is CCCCNC(=O)C1CCC(C(=O)Nc2ccc(Br)c(C)c2)CC1. The minimum atomic E-state index is 0.00800. The van der Waals surface area contributed by atoms with Gasteiger partial charge in [0.2, 0.25) is 11.8 Å². The first-order valence-electron chi connectivity index (χ1n) is 8.86. The van der Waals surface area contributed by atoms with E-state index in [0.717, 1.165) is 60.8 Å². The quantitative estimate of drug-likeness (QED) is 0.701. The summed E-state index contributed by atoms with van der Waals surface area (Å²) in [6.07, 6.45) is 5.28. The van der Waals surface area contributed by atoms with Gasteiger partial charge in [0, 0.05) is 28.5 Å². The lowest BCUT2D eigenvalue weighted by Crippen LogP contribution is -2.35. The molecule has 0 aromatic heterocycles. The number of carbonyl (C=O) groups is 2. The average Bonchev–Trinajstić information content (AvgIpc) is 2.58. The smallest absolute Gasteiger partial charge is 0.227 e. The van der Waals surface area contributed by atoms with E-state index in [1.807, 2.05) is 25.1 Å². The van der Waals surface area contributed by atoms with Crippen LogP contribution in [0, 0.1) is 18.8 Å². The molecule has 24 heavy (non-hydrogen) atoms. The van der Waals surface area contributed by atoms with Gasteiger partial charge in [-0.1, -0.05) is 29.3 Å². The molecule has 1 fully saturated rings. The molecule has 1 aliphatic carbocycles. The van der Waals surface area contributed by atoms with Crippen LogP contribution in [-0.2, 0) is 9.59 Å². The van der Waals surface area contributed by atoms with E-state index in [2.05, 4.69) is 33.5 Å². The maximum Gasteiger partial charge on any atom is 0.227 e. The Balaban J connectivity index is 1.79. The number of amides is 2. The van der Waals surface area contributed by atoms with E-state index in [4.69, 9.17) is 0 Å². The second-order valence-electron chi connectivity index (χ2n) is 6.65. The molecule has 1 aromatic rings. The number of hydrogen-bond acceptors (Lipinski definition) is 2. The number of benzene rings is 1. The largest absolute Gasteiger partial charge is 0.356 e. The van der Waals surface area contributed by atoms with Gasteiger partial charge in [0.25, 0.3) is 0 Å². The van der Waals surface area contributed by atoms with Crippen LogP contribution >= 0.6 is 15.9 Å². The van der Waals surface area contributed by atoms with Gasteiger partial charge in [0.15, 0.2) is 0 Å². The minimum absolute atomic E-state index is 0.00800. The fourth-order valence-corrected chi connectivity index (χ4v) is 3.36. The highest BCUT2D eigenvalue weighted by Crippen LogP contribution is 2.30. The molecule has 0 atom stereocenters. The molecule has 1 aromatic carbocycles. The number of halogens is 1. The highest BCUT2D eigenvalue weighted by atomic mass is 79.9. The molecule has 0 heterocycles. The molecule has 0 spiro atoms. The Bertz CT molecular complexity index is 581. The summed E-state index contributed by atoms with van der Waals surface area (Å²) < 4.78 is 1.04. The van der Waals surface area contributed by atoms with Gasteiger partial charge < -0.3 is 10.6 Å². The van der Waals surface area contributed by atoms with Crippen molar-refractivity contribution in [2.45, 2.75) is 52.4 Å².